The Balaban J connectivity index is 1.94. The third-order valence-electron chi connectivity index (χ3n) is 2.74. The van der Waals surface area contributed by atoms with Crippen LogP contribution in [-0.2, 0) is 0 Å². The second-order valence-corrected chi connectivity index (χ2v) is 4.69. The number of nitrogen functional groups attached to an aromatic ring is 1. The molecule has 3 N–H and O–H groups in total. The van der Waals surface area contributed by atoms with Gasteiger partial charge in [-0.2, -0.15) is 0 Å². The molecule has 1 unspecified atom stereocenters. The molecule has 5 heteroatoms. The van der Waals surface area contributed by atoms with Crippen molar-refractivity contribution < 1.29 is 4.42 Å². The molecule has 1 heterocycles. The third kappa shape index (κ3) is 1.97. The molecule has 14 heavy (non-hydrogen) atoms. The van der Waals surface area contributed by atoms with E-state index in [0.29, 0.717) is 17.5 Å². The summed E-state index contributed by atoms with van der Waals surface area (Å²) < 4.78 is 5.06. The highest BCUT2D eigenvalue weighted by atomic mass is 16.4. The van der Waals surface area contributed by atoms with E-state index in [1.165, 1.54) is 6.42 Å². The van der Waals surface area contributed by atoms with Crippen molar-refractivity contribution in [1.82, 2.24) is 10.2 Å². The number of hydrogen-bond donors (Lipinski definition) is 2. The fourth-order valence-corrected chi connectivity index (χ4v) is 2.03. The van der Waals surface area contributed by atoms with Crippen molar-refractivity contribution in [3.8, 4) is 0 Å². The van der Waals surface area contributed by atoms with E-state index in [1.807, 2.05) is 0 Å². The largest absolute Gasteiger partial charge is 0.390 e. The van der Waals surface area contributed by atoms with Crippen LogP contribution in [0.2, 0.25) is 0 Å². The van der Waals surface area contributed by atoms with Crippen molar-refractivity contribution in [2.45, 2.75) is 39.2 Å². The summed E-state index contributed by atoms with van der Waals surface area (Å²) in [5.41, 5.74) is 5.75. The molecule has 1 aliphatic carbocycles. The minimum atomic E-state index is 0.116. The van der Waals surface area contributed by atoms with Crippen molar-refractivity contribution >= 4 is 12.0 Å². The van der Waals surface area contributed by atoms with Gasteiger partial charge < -0.3 is 15.5 Å². The van der Waals surface area contributed by atoms with Gasteiger partial charge in [0.1, 0.15) is 0 Å². The van der Waals surface area contributed by atoms with Crippen molar-refractivity contribution in [3.63, 3.8) is 0 Å². The van der Waals surface area contributed by atoms with Gasteiger partial charge in [0.25, 0.3) is 0 Å². The lowest BCUT2D eigenvalue weighted by atomic mass is 9.92. The first-order valence-electron chi connectivity index (χ1n) is 4.91. The van der Waals surface area contributed by atoms with Gasteiger partial charge in [-0.05, 0) is 24.7 Å². The van der Waals surface area contributed by atoms with Gasteiger partial charge in [0.15, 0.2) is 0 Å². The molecule has 1 atom stereocenters. The molecule has 2 rings (SSSR count). The van der Waals surface area contributed by atoms with Gasteiger partial charge in [0.2, 0.25) is 0 Å². The van der Waals surface area contributed by atoms with Crippen molar-refractivity contribution in [2.24, 2.45) is 5.41 Å². The number of hydrogen-bond acceptors (Lipinski definition) is 5. The fraction of sp³-hybridized carbons (Fsp3) is 0.778. The van der Waals surface area contributed by atoms with Gasteiger partial charge >= 0.3 is 12.0 Å². The number of nitrogens with zero attached hydrogens (tertiary/aromatic N) is 2. The van der Waals surface area contributed by atoms with E-state index in [9.17, 15) is 0 Å². The molecule has 0 saturated heterocycles. The maximum Gasteiger partial charge on any atom is 0.317 e. The molecule has 0 amide bonds. The van der Waals surface area contributed by atoms with Gasteiger partial charge in [-0.25, -0.2) is 0 Å². The summed E-state index contributed by atoms with van der Waals surface area (Å²) in [7, 11) is 0. The van der Waals surface area contributed by atoms with Crippen LogP contribution >= 0.6 is 0 Å². The molecule has 1 fully saturated rings. The van der Waals surface area contributed by atoms with Crippen molar-refractivity contribution in [3.05, 3.63) is 0 Å². The van der Waals surface area contributed by atoms with Crippen LogP contribution in [-0.4, -0.2) is 16.2 Å². The van der Waals surface area contributed by atoms with Gasteiger partial charge in [0.05, 0.1) is 0 Å². The van der Waals surface area contributed by atoms with E-state index in [0.717, 1.165) is 12.8 Å². The Morgan fingerprint density at radius 3 is 2.79 bits per heavy atom. The Labute approximate surface area is 83.1 Å². The molecular weight excluding hydrogens is 180 g/mol. The third-order valence-corrected chi connectivity index (χ3v) is 2.74. The number of anilines is 2. The molecule has 1 aromatic rings. The molecule has 1 saturated carbocycles. The van der Waals surface area contributed by atoms with Gasteiger partial charge in [-0.1, -0.05) is 24.0 Å². The number of aromatic nitrogens is 2. The lowest BCUT2D eigenvalue weighted by molar-refractivity contribution is 0.377. The first-order valence-corrected chi connectivity index (χ1v) is 4.91. The van der Waals surface area contributed by atoms with Crippen LogP contribution in [0.4, 0.5) is 12.0 Å². The summed E-state index contributed by atoms with van der Waals surface area (Å²) >= 11 is 0. The first-order chi connectivity index (χ1) is 6.55. The Morgan fingerprint density at radius 1 is 1.50 bits per heavy atom. The van der Waals surface area contributed by atoms with Crippen LogP contribution in [0.3, 0.4) is 0 Å². The summed E-state index contributed by atoms with van der Waals surface area (Å²) in [6.07, 6.45) is 3.51. The molecule has 5 nitrogen and oxygen atoms in total. The topological polar surface area (TPSA) is 77.0 Å². The molecule has 0 radical (unpaired) electrons. The Morgan fingerprint density at radius 2 is 2.29 bits per heavy atom. The van der Waals surface area contributed by atoms with Gasteiger partial charge in [-0.3, -0.25) is 0 Å². The molecule has 0 aliphatic heterocycles. The lowest BCUT2D eigenvalue weighted by Gasteiger charge is -2.16. The summed E-state index contributed by atoms with van der Waals surface area (Å²) in [6, 6.07) is 0.986. The first kappa shape index (κ1) is 9.30. The maximum absolute atomic E-state index is 5.33. The van der Waals surface area contributed by atoms with E-state index >= 15 is 0 Å². The summed E-state index contributed by atoms with van der Waals surface area (Å²) in [6.45, 7) is 4.55. The molecule has 1 aromatic heterocycles. The smallest absolute Gasteiger partial charge is 0.317 e. The zero-order valence-electron chi connectivity index (χ0n) is 8.58. The Kier molecular flexibility index (Phi) is 2.09. The average molecular weight is 196 g/mol. The minimum absolute atomic E-state index is 0.116. The van der Waals surface area contributed by atoms with Crippen molar-refractivity contribution in [1.29, 1.82) is 0 Å². The van der Waals surface area contributed by atoms with Crippen LogP contribution in [0, 0.1) is 5.41 Å². The minimum Gasteiger partial charge on any atom is -0.390 e. The number of nitrogens with one attached hydrogen (secondary N) is 1. The predicted octanol–water partition coefficient (Wildman–Crippen LogP) is 1.64. The zero-order chi connectivity index (χ0) is 10.2. The number of rotatable bonds is 2. The highest BCUT2D eigenvalue weighted by molar-refractivity contribution is 5.24. The van der Waals surface area contributed by atoms with E-state index in [4.69, 9.17) is 10.2 Å². The lowest BCUT2D eigenvalue weighted by Crippen LogP contribution is -2.17. The highest BCUT2D eigenvalue weighted by Gasteiger charge is 2.31. The molecule has 0 aromatic carbocycles. The molecule has 0 spiro atoms. The van der Waals surface area contributed by atoms with E-state index in [2.05, 4.69) is 29.4 Å². The van der Waals surface area contributed by atoms with Crippen LogP contribution in [0.25, 0.3) is 0 Å². The summed E-state index contributed by atoms with van der Waals surface area (Å²) in [5, 5.41) is 10.6. The van der Waals surface area contributed by atoms with Crippen molar-refractivity contribution in [2.75, 3.05) is 11.1 Å². The predicted molar refractivity (Wildman–Crippen MR) is 53.8 cm³/mol. The standard InChI is InChI=1S/C9H16N4O/c1-9(2)4-3-6(5-9)11-8-13-12-7(10)14-8/h6H,3-5H2,1-2H3,(H2,10,12)(H,11,13). The highest BCUT2D eigenvalue weighted by Crippen LogP contribution is 2.38. The normalized spacial score (nSPS) is 25.1. The van der Waals surface area contributed by atoms with E-state index in [1.54, 1.807) is 0 Å². The summed E-state index contributed by atoms with van der Waals surface area (Å²) in [5.74, 6) is 0. The second kappa shape index (κ2) is 3.15. The molecule has 0 bridgehead atoms. The average Bonchev–Trinajstić information content (AvgIpc) is 2.59. The van der Waals surface area contributed by atoms with Crippen LogP contribution < -0.4 is 11.1 Å². The summed E-state index contributed by atoms with van der Waals surface area (Å²) in [4.78, 5) is 0. The molecule has 1 aliphatic rings. The maximum atomic E-state index is 5.33. The second-order valence-electron chi connectivity index (χ2n) is 4.69. The Bertz CT molecular complexity index is 320. The quantitative estimate of drug-likeness (QED) is 0.752. The molecular formula is C9H16N4O. The van der Waals surface area contributed by atoms with E-state index in [-0.39, 0.29) is 6.01 Å². The Hall–Kier alpha value is -1.26. The van der Waals surface area contributed by atoms with Crippen LogP contribution in [0.15, 0.2) is 4.42 Å². The monoisotopic (exact) mass is 196 g/mol. The SMILES string of the molecule is CC1(C)CCC(Nc2nnc(N)o2)C1. The van der Waals surface area contributed by atoms with Gasteiger partial charge in [-0.15, -0.1) is 0 Å². The van der Waals surface area contributed by atoms with Gasteiger partial charge in [0, 0.05) is 6.04 Å². The fourth-order valence-electron chi connectivity index (χ4n) is 2.03. The zero-order valence-corrected chi connectivity index (χ0v) is 8.58. The van der Waals surface area contributed by atoms with Crippen LogP contribution in [0.5, 0.6) is 0 Å². The van der Waals surface area contributed by atoms with E-state index < -0.39 is 0 Å². The number of nitrogens with two attached hydrogens (primary N) is 1. The van der Waals surface area contributed by atoms with Crippen LogP contribution in [0.1, 0.15) is 33.1 Å². The molecule has 78 valence electrons.